The molecule has 1 saturated carbocycles. The summed E-state index contributed by atoms with van der Waals surface area (Å²) in [5.74, 6) is 0.283. The van der Waals surface area contributed by atoms with E-state index in [1.807, 2.05) is 19.9 Å². The molecule has 5 nitrogen and oxygen atoms in total. The van der Waals surface area contributed by atoms with Gasteiger partial charge in [0, 0.05) is 7.14 Å². The summed E-state index contributed by atoms with van der Waals surface area (Å²) in [6.45, 7) is 3.84. The van der Waals surface area contributed by atoms with Gasteiger partial charge in [-0.05, 0) is 136 Å². The van der Waals surface area contributed by atoms with E-state index < -0.39 is 16.1 Å². The van der Waals surface area contributed by atoms with E-state index >= 15 is 0 Å². The topological polar surface area (TPSA) is 83.5 Å². The Balaban J connectivity index is 1.83. The summed E-state index contributed by atoms with van der Waals surface area (Å²) < 4.78 is 44.4. The molecule has 0 aromatic heterocycles. The number of hydrogen-bond acceptors (Lipinski definition) is 5. The highest BCUT2D eigenvalue weighted by Crippen LogP contribution is 2.42. The van der Waals surface area contributed by atoms with Gasteiger partial charge >= 0.3 is 5.97 Å². The summed E-state index contributed by atoms with van der Waals surface area (Å²) >= 11 is 4.56. The van der Waals surface area contributed by atoms with Crippen LogP contribution in [0, 0.1) is 7.14 Å². The van der Waals surface area contributed by atoms with Crippen molar-refractivity contribution in [3.63, 3.8) is 0 Å². The zero-order chi connectivity index (χ0) is 24.6. The monoisotopic (exact) mass is 707 g/mol. The van der Waals surface area contributed by atoms with Crippen LogP contribution >= 0.6 is 45.2 Å². The molecule has 34 heavy (non-hydrogen) atoms. The second kappa shape index (κ2) is 10.7. The van der Waals surface area contributed by atoms with Gasteiger partial charge in [0.15, 0.2) is 0 Å². The van der Waals surface area contributed by atoms with Crippen molar-refractivity contribution in [3.05, 3.63) is 53.2 Å². The van der Waals surface area contributed by atoms with Gasteiger partial charge in [0.2, 0.25) is 0 Å². The van der Waals surface area contributed by atoms with Crippen molar-refractivity contribution >= 4 is 61.3 Å². The lowest BCUT2D eigenvalue weighted by atomic mass is 9.82. The minimum Gasteiger partial charge on any atom is -0.744 e. The first kappa shape index (κ1) is 26.3. The predicted octanol–water partition coefficient (Wildman–Crippen LogP) is 7.07. The third-order valence-electron chi connectivity index (χ3n) is 7.00. The lowest BCUT2D eigenvalue weighted by molar-refractivity contribution is 0.0728. The molecule has 2 aliphatic rings. The molecule has 0 heterocycles. The second-order valence-electron chi connectivity index (χ2n) is 9.64. The molecule has 2 aliphatic carbocycles. The lowest BCUT2D eigenvalue weighted by Crippen LogP contribution is -2.20. The summed E-state index contributed by atoms with van der Waals surface area (Å²) in [7, 11) is -4.62. The predicted molar refractivity (Wildman–Crippen MR) is 148 cm³/mol. The van der Waals surface area contributed by atoms with Crippen LogP contribution in [0.2, 0.25) is 0 Å². The molecule has 0 aliphatic heterocycles. The summed E-state index contributed by atoms with van der Waals surface area (Å²) in [5, 5.41) is 0. The molecule has 4 rings (SSSR count). The summed E-state index contributed by atoms with van der Waals surface area (Å²) in [6.07, 6.45) is 8.48. The quantitative estimate of drug-likeness (QED) is 0.144. The van der Waals surface area contributed by atoms with Crippen LogP contribution in [0.15, 0.2) is 23.1 Å². The fourth-order valence-electron chi connectivity index (χ4n) is 5.38. The Kier molecular flexibility index (Phi) is 8.31. The maximum atomic E-state index is 13.7. The van der Waals surface area contributed by atoms with Gasteiger partial charge in [-0.1, -0.05) is 33.1 Å². The number of benzene rings is 2. The molecule has 2 aromatic carbocycles. The highest BCUT2D eigenvalue weighted by atomic mass is 127. The molecule has 0 bridgehead atoms. The second-order valence-corrected chi connectivity index (χ2v) is 13.4. The molecule has 0 unspecified atom stereocenters. The van der Waals surface area contributed by atoms with E-state index in [2.05, 4.69) is 51.2 Å². The molecule has 0 amide bonds. The molecule has 8 heteroatoms. The first-order valence-electron chi connectivity index (χ1n) is 11.9. The first-order chi connectivity index (χ1) is 16.1. The SMILES string of the molecule is CC(C)c1cc(S(=O)(=O)[O-])c2c(c1OC(=O)c1cc(I)cc(I)c1C1CCCCC1)CCCC2. The van der Waals surface area contributed by atoms with Gasteiger partial charge < -0.3 is 9.29 Å². The third kappa shape index (κ3) is 5.49. The molecule has 1 fully saturated rings. The average Bonchev–Trinajstić information content (AvgIpc) is 2.78. The minimum absolute atomic E-state index is 0.107. The normalized spacial score (nSPS) is 17.0. The molecule has 0 N–H and O–H groups in total. The van der Waals surface area contributed by atoms with Crippen molar-refractivity contribution in [2.45, 2.75) is 88.4 Å². The molecule has 0 atom stereocenters. The largest absolute Gasteiger partial charge is 0.744 e. The molecule has 0 radical (unpaired) electrons. The fourth-order valence-corrected chi connectivity index (χ4v) is 8.46. The van der Waals surface area contributed by atoms with Gasteiger partial charge in [-0.3, -0.25) is 0 Å². The van der Waals surface area contributed by atoms with E-state index in [9.17, 15) is 17.8 Å². The Morgan fingerprint density at radius 2 is 1.65 bits per heavy atom. The van der Waals surface area contributed by atoms with Gasteiger partial charge in [0.25, 0.3) is 0 Å². The summed E-state index contributed by atoms with van der Waals surface area (Å²) in [4.78, 5) is 13.6. The summed E-state index contributed by atoms with van der Waals surface area (Å²) in [5.41, 5.74) is 3.51. The molecule has 2 aromatic rings. The Hall–Kier alpha value is -0.720. The van der Waals surface area contributed by atoms with Gasteiger partial charge in [-0.15, -0.1) is 0 Å². The molecular formula is C26H29I2O5S-. The zero-order valence-corrected chi connectivity index (χ0v) is 24.6. The van der Waals surface area contributed by atoms with Crippen LogP contribution in [-0.2, 0) is 23.0 Å². The molecule has 0 saturated heterocycles. The number of fused-ring (bicyclic) bond motifs is 1. The fraction of sp³-hybridized carbons (Fsp3) is 0.500. The van der Waals surface area contributed by atoms with Crippen molar-refractivity contribution < 1.29 is 22.5 Å². The maximum Gasteiger partial charge on any atom is 0.343 e. The van der Waals surface area contributed by atoms with Crippen LogP contribution in [0.3, 0.4) is 0 Å². The Labute approximate surface area is 229 Å². The maximum absolute atomic E-state index is 13.7. The number of carbonyl (C=O) groups excluding carboxylic acids is 1. The van der Waals surface area contributed by atoms with E-state index in [1.165, 1.54) is 12.5 Å². The van der Waals surface area contributed by atoms with E-state index in [1.54, 1.807) is 0 Å². The highest BCUT2D eigenvalue weighted by molar-refractivity contribution is 14.1. The van der Waals surface area contributed by atoms with E-state index in [-0.39, 0.29) is 10.8 Å². The van der Waals surface area contributed by atoms with Gasteiger partial charge in [-0.25, -0.2) is 13.2 Å². The Morgan fingerprint density at radius 1 is 1.00 bits per heavy atom. The van der Waals surface area contributed by atoms with Gasteiger partial charge in [0.05, 0.1) is 10.5 Å². The smallest absolute Gasteiger partial charge is 0.343 e. The number of carbonyl (C=O) groups is 1. The van der Waals surface area contributed by atoms with Crippen LogP contribution in [0.25, 0.3) is 0 Å². The van der Waals surface area contributed by atoms with Crippen LogP contribution < -0.4 is 4.74 Å². The van der Waals surface area contributed by atoms with Gasteiger partial charge in [-0.2, -0.15) is 0 Å². The van der Waals surface area contributed by atoms with Crippen LogP contribution in [0.4, 0.5) is 0 Å². The highest BCUT2D eigenvalue weighted by Gasteiger charge is 2.30. The molecular weight excluding hydrogens is 678 g/mol. The van der Waals surface area contributed by atoms with Crippen molar-refractivity contribution in [2.24, 2.45) is 0 Å². The average molecular weight is 707 g/mol. The van der Waals surface area contributed by atoms with Crippen LogP contribution in [-0.4, -0.2) is 18.9 Å². The first-order valence-corrected chi connectivity index (χ1v) is 15.5. The Bertz CT molecular complexity index is 1210. The van der Waals surface area contributed by atoms with Crippen molar-refractivity contribution in [3.8, 4) is 5.75 Å². The number of esters is 1. The van der Waals surface area contributed by atoms with Crippen molar-refractivity contribution in [1.82, 2.24) is 0 Å². The zero-order valence-electron chi connectivity index (χ0n) is 19.5. The lowest BCUT2D eigenvalue weighted by Gasteiger charge is -2.28. The van der Waals surface area contributed by atoms with Crippen molar-refractivity contribution in [1.29, 1.82) is 0 Å². The summed E-state index contributed by atoms with van der Waals surface area (Å²) in [6, 6.07) is 5.46. The Morgan fingerprint density at radius 3 is 2.26 bits per heavy atom. The molecule has 0 spiro atoms. The van der Waals surface area contributed by atoms with E-state index in [0.29, 0.717) is 46.8 Å². The van der Waals surface area contributed by atoms with Crippen molar-refractivity contribution in [2.75, 3.05) is 0 Å². The van der Waals surface area contributed by atoms with Crippen LogP contribution in [0.5, 0.6) is 5.75 Å². The molecule has 184 valence electrons. The number of ether oxygens (including phenoxy) is 1. The third-order valence-corrected chi connectivity index (χ3v) is 9.42. The van der Waals surface area contributed by atoms with E-state index in [4.69, 9.17) is 4.74 Å². The number of hydrogen-bond donors (Lipinski definition) is 0. The number of rotatable bonds is 5. The van der Waals surface area contributed by atoms with Gasteiger partial charge in [0.1, 0.15) is 15.9 Å². The number of halogens is 2. The minimum atomic E-state index is -4.62. The van der Waals surface area contributed by atoms with E-state index in [0.717, 1.165) is 51.2 Å². The van der Waals surface area contributed by atoms with Crippen LogP contribution in [0.1, 0.15) is 103 Å². The standard InChI is InChI=1S/C26H30I2O5S/c1-15(2)20-14-23(34(30,31)32)18-10-6-7-11-19(18)25(20)33-26(29)21-12-17(27)13-22(28)24(21)16-8-4-3-5-9-16/h12-16H,3-11H2,1-2H3,(H,30,31,32)/p-1.